The topological polar surface area (TPSA) is 29.1 Å². The third-order valence-corrected chi connectivity index (χ3v) is 9.46. The van der Waals surface area contributed by atoms with Gasteiger partial charge in [-0.3, -0.25) is 4.79 Å². The van der Waals surface area contributed by atoms with E-state index in [-0.39, 0.29) is 5.92 Å². The smallest absolute Gasteiger partial charge is 0.223 e. The third kappa shape index (κ3) is 8.68. The van der Waals surface area contributed by atoms with Crippen LogP contribution in [0.3, 0.4) is 0 Å². The van der Waals surface area contributed by atoms with Crippen LogP contribution in [0.4, 0.5) is 0 Å². The zero-order valence-corrected chi connectivity index (χ0v) is 21.9. The van der Waals surface area contributed by atoms with Gasteiger partial charge in [-0.05, 0) is 61.7 Å². The van der Waals surface area contributed by atoms with Crippen molar-refractivity contribution in [3.63, 3.8) is 0 Å². The van der Waals surface area contributed by atoms with Gasteiger partial charge in [0.2, 0.25) is 5.91 Å². The van der Waals surface area contributed by atoms with E-state index in [2.05, 4.69) is 26.1 Å². The quantitative estimate of drug-likeness (QED) is 0.462. The highest BCUT2D eigenvalue weighted by Crippen LogP contribution is 2.40. The molecule has 32 heavy (non-hydrogen) atoms. The minimum absolute atomic E-state index is 0.263. The number of carbonyl (C=O) groups excluding carboxylic acids is 1. The Balaban J connectivity index is 1.57. The molecule has 6 atom stereocenters. The van der Waals surface area contributed by atoms with Gasteiger partial charge in [-0.2, -0.15) is 0 Å². The van der Waals surface area contributed by atoms with Crippen molar-refractivity contribution in [1.29, 1.82) is 0 Å². The Bertz CT molecular complexity index is 521. The molecule has 3 aliphatic rings. The molecule has 0 radical (unpaired) electrons. The molecule has 0 spiro atoms. The lowest BCUT2D eigenvalue weighted by molar-refractivity contribution is -0.126. The van der Waals surface area contributed by atoms with Crippen molar-refractivity contribution in [2.75, 3.05) is 0 Å². The summed E-state index contributed by atoms with van der Waals surface area (Å²) < 4.78 is 0. The number of rotatable bonds is 3. The van der Waals surface area contributed by atoms with E-state index in [1.165, 1.54) is 109 Å². The largest absolute Gasteiger partial charge is 0.353 e. The minimum atomic E-state index is 0.263. The van der Waals surface area contributed by atoms with Crippen LogP contribution in [-0.4, -0.2) is 11.9 Å². The summed E-state index contributed by atoms with van der Waals surface area (Å²) in [7, 11) is 0. The van der Waals surface area contributed by atoms with E-state index in [1.54, 1.807) is 0 Å². The predicted molar refractivity (Wildman–Crippen MR) is 138 cm³/mol. The molecule has 0 aromatic heterocycles. The van der Waals surface area contributed by atoms with Crippen LogP contribution in [0.15, 0.2) is 0 Å². The van der Waals surface area contributed by atoms with Crippen LogP contribution in [0.5, 0.6) is 0 Å². The summed E-state index contributed by atoms with van der Waals surface area (Å²) >= 11 is 0. The van der Waals surface area contributed by atoms with Gasteiger partial charge in [-0.25, -0.2) is 0 Å². The lowest BCUT2D eigenvalue weighted by Crippen LogP contribution is -2.40. The van der Waals surface area contributed by atoms with Gasteiger partial charge >= 0.3 is 0 Å². The van der Waals surface area contributed by atoms with Gasteiger partial charge in [0.25, 0.3) is 0 Å². The second-order valence-electron chi connectivity index (χ2n) is 12.5. The van der Waals surface area contributed by atoms with Gasteiger partial charge in [-0.15, -0.1) is 0 Å². The van der Waals surface area contributed by atoms with E-state index < -0.39 is 0 Å². The second-order valence-corrected chi connectivity index (χ2v) is 12.5. The Kier molecular flexibility index (Phi) is 11.4. The Labute approximate surface area is 200 Å². The van der Waals surface area contributed by atoms with Crippen molar-refractivity contribution in [2.45, 2.75) is 149 Å². The first-order valence-electron chi connectivity index (χ1n) is 14.8. The Morgan fingerprint density at radius 1 is 0.594 bits per heavy atom. The standard InChI is InChI=1S/C30H55NO/c1-23-14-9-8-12-18-27(20-23)30(32)31-28-19-13-15-25(3)29(22-24(2)21-28)26-16-10-6-4-5-7-11-17-26/h23-29H,4-22H2,1-3H3,(H,31,32). The molecule has 3 fully saturated rings. The van der Waals surface area contributed by atoms with Crippen molar-refractivity contribution in [3.8, 4) is 0 Å². The maximum Gasteiger partial charge on any atom is 0.223 e. The molecule has 0 heterocycles. The first-order chi connectivity index (χ1) is 15.5. The summed E-state index contributed by atoms with van der Waals surface area (Å²) in [6, 6.07) is 0.407. The first-order valence-corrected chi connectivity index (χ1v) is 14.8. The zero-order chi connectivity index (χ0) is 22.8. The van der Waals surface area contributed by atoms with E-state index >= 15 is 0 Å². The van der Waals surface area contributed by atoms with E-state index in [0.29, 0.717) is 17.9 Å². The maximum absolute atomic E-state index is 13.2. The van der Waals surface area contributed by atoms with Gasteiger partial charge in [0.1, 0.15) is 0 Å². The highest BCUT2D eigenvalue weighted by Gasteiger charge is 2.31. The van der Waals surface area contributed by atoms with E-state index in [0.717, 1.165) is 36.5 Å². The van der Waals surface area contributed by atoms with E-state index in [1.807, 2.05) is 0 Å². The van der Waals surface area contributed by atoms with Crippen molar-refractivity contribution in [1.82, 2.24) is 5.32 Å². The summed E-state index contributed by atoms with van der Waals surface area (Å²) in [6.07, 6.45) is 25.6. The number of hydrogen-bond donors (Lipinski definition) is 1. The van der Waals surface area contributed by atoms with Crippen molar-refractivity contribution in [3.05, 3.63) is 0 Å². The van der Waals surface area contributed by atoms with Crippen LogP contribution < -0.4 is 5.32 Å². The lowest BCUT2D eigenvalue weighted by atomic mass is 9.72. The van der Waals surface area contributed by atoms with E-state index in [9.17, 15) is 4.79 Å². The highest BCUT2D eigenvalue weighted by atomic mass is 16.1. The summed E-state index contributed by atoms with van der Waals surface area (Å²) in [5.41, 5.74) is 0. The molecular formula is C30H55NO. The summed E-state index contributed by atoms with van der Waals surface area (Å²) in [4.78, 5) is 13.2. The molecule has 2 nitrogen and oxygen atoms in total. The molecule has 1 amide bonds. The molecule has 3 saturated carbocycles. The number of carbonyl (C=O) groups is 1. The average Bonchev–Trinajstić information content (AvgIpc) is 2.91. The minimum Gasteiger partial charge on any atom is -0.353 e. The molecule has 6 unspecified atom stereocenters. The fourth-order valence-electron chi connectivity index (χ4n) is 7.52. The Morgan fingerprint density at radius 3 is 1.97 bits per heavy atom. The molecule has 0 bridgehead atoms. The molecule has 0 aliphatic heterocycles. The van der Waals surface area contributed by atoms with Gasteiger partial charge in [-0.1, -0.05) is 111 Å². The van der Waals surface area contributed by atoms with Crippen LogP contribution in [-0.2, 0) is 4.79 Å². The molecule has 0 saturated heterocycles. The second kappa shape index (κ2) is 14.0. The molecule has 1 N–H and O–H groups in total. The monoisotopic (exact) mass is 445 g/mol. The van der Waals surface area contributed by atoms with Crippen molar-refractivity contribution in [2.24, 2.45) is 35.5 Å². The number of amides is 1. The third-order valence-electron chi connectivity index (χ3n) is 9.46. The molecule has 0 aromatic rings. The SMILES string of the molecule is CC1CCCCCC(C(=O)NC2CCCC(C)C(C3CCCCCCCC3)CC(C)C2)C1. The van der Waals surface area contributed by atoms with Crippen LogP contribution in [0, 0.1) is 35.5 Å². The molecule has 3 aliphatic carbocycles. The highest BCUT2D eigenvalue weighted by molar-refractivity contribution is 5.78. The van der Waals surface area contributed by atoms with Crippen molar-refractivity contribution < 1.29 is 4.79 Å². The van der Waals surface area contributed by atoms with Gasteiger partial charge in [0, 0.05) is 12.0 Å². The molecule has 3 rings (SSSR count). The van der Waals surface area contributed by atoms with Gasteiger partial charge in [0.15, 0.2) is 0 Å². The number of hydrogen-bond acceptors (Lipinski definition) is 1. The summed E-state index contributed by atoms with van der Waals surface area (Å²) in [6.45, 7) is 7.39. The summed E-state index contributed by atoms with van der Waals surface area (Å²) in [5.74, 6) is 4.80. The average molecular weight is 446 g/mol. The first kappa shape index (κ1) is 26.1. The van der Waals surface area contributed by atoms with Gasteiger partial charge < -0.3 is 5.32 Å². The number of nitrogens with one attached hydrogen (secondary N) is 1. The Hall–Kier alpha value is -0.530. The lowest BCUT2D eigenvalue weighted by Gasteiger charge is -2.34. The van der Waals surface area contributed by atoms with Crippen LogP contribution in [0.25, 0.3) is 0 Å². The maximum atomic E-state index is 13.2. The molecule has 186 valence electrons. The van der Waals surface area contributed by atoms with Crippen LogP contribution in [0.1, 0.15) is 143 Å². The molecule has 2 heteroatoms. The Morgan fingerprint density at radius 2 is 1.22 bits per heavy atom. The normalized spacial score (nSPS) is 37.3. The van der Waals surface area contributed by atoms with Gasteiger partial charge in [0.05, 0.1) is 0 Å². The van der Waals surface area contributed by atoms with Crippen LogP contribution >= 0.6 is 0 Å². The summed E-state index contributed by atoms with van der Waals surface area (Å²) in [5, 5.41) is 3.58. The van der Waals surface area contributed by atoms with Crippen molar-refractivity contribution >= 4 is 5.91 Å². The predicted octanol–water partition coefficient (Wildman–Crippen LogP) is 8.68. The molecule has 0 aromatic carbocycles. The van der Waals surface area contributed by atoms with Crippen LogP contribution in [0.2, 0.25) is 0 Å². The zero-order valence-electron chi connectivity index (χ0n) is 21.9. The fourth-order valence-corrected chi connectivity index (χ4v) is 7.52. The fraction of sp³-hybridized carbons (Fsp3) is 0.967. The van der Waals surface area contributed by atoms with E-state index in [4.69, 9.17) is 0 Å². The molecular weight excluding hydrogens is 390 g/mol.